The Morgan fingerprint density at radius 2 is 1.72 bits per heavy atom. The van der Waals surface area contributed by atoms with Crippen molar-refractivity contribution in [2.24, 2.45) is 0 Å². The van der Waals surface area contributed by atoms with Gasteiger partial charge in [0.2, 0.25) is 0 Å². The van der Waals surface area contributed by atoms with Gasteiger partial charge in [0.25, 0.3) is 5.91 Å². The molecular weight excluding hydrogens is 228 g/mol. The smallest absolute Gasteiger partial charge is 0.322 e. The van der Waals surface area contributed by atoms with Crippen LogP contribution in [0.4, 0.5) is 4.79 Å². The summed E-state index contributed by atoms with van der Waals surface area (Å²) in [5.41, 5.74) is -0.695. The molecule has 0 radical (unpaired) electrons. The van der Waals surface area contributed by atoms with Crippen LogP contribution in [-0.4, -0.2) is 17.5 Å². The average molecular weight is 252 g/mol. The fourth-order valence-electron chi connectivity index (χ4n) is 2.23. The molecule has 1 aliphatic heterocycles. The van der Waals surface area contributed by atoms with Crippen molar-refractivity contribution < 1.29 is 9.59 Å². The highest BCUT2D eigenvalue weighted by Gasteiger charge is 2.40. The van der Waals surface area contributed by atoms with E-state index in [1.807, 2.05) is 6.08 Å². The fourth-order valence-corrected chi connectivity index (χ4v) is 2.23. The Balaban J connectivity index is 2.05. The molecule has 3 amide bonds. The molecule has 0 aliphatic carbocycles. The molecule has 0 bridgehead atoms. The van der Waals surface area contributed by atoms with Crippen LogP contribution in [0.1, 0.15) is 58.3 Å². The van der Waals surface area contributed by atoms with Gasteiger partial charge in [-0.05, 0) is 26.2 Å². The average Bonchev–Trinajstić information content (AvgIpc) is 2.57. The molecule has 1 aliphatic rings. The van der Waals surface area contributed by atoms with Crippen LogP contribution in [-0.2, 0) is 4.79 Å². The van der Waals surface area contributed by atoms with Crippen LogP contribution < -0.4 is 10.6 Å². The lowest BCUT2D eigenvalue weighted by molar-refractivity contribution is -0.123. The molecule has 4 nitrogen and oxygen atoms in total. The fraction of sp³-hybridized carbons (Fsp3) is 0.714. The Labute approximate surface area is 109 Å². The lowest BCUT2D eigenvalue weighted by atomic mass is 9.94. The van der Waals surface area contributed by atoms with Crippen LogP contribution >= 0.6 is 0 Å². The number of imide groups is 1. The van der Waals surface area contributed by atoms with Gasteiger partial charge in [0.15, 0.2) is 0 Å². The summed E-state index contributed by atoms with van der Waals surface area (Å²) in [5.74, 6) is -0.196. The Bertz CT molecular complexity index is 315. The number of rotatable bonds is 9. The first-order valence-electron chi connectivity index (χ1n) is 6.83. The quantitative estimate of drug-likeness (QED) is 0.376. The number of urea groups is 1. The maximum atomic E-state index is 11.5. The van der Waals surface area contributed by atoms with Crippen LogP contribution in [0.5, 0.6) is 0 Å². The van der Waals surface area contributed by atoms with E-state index in [0.717, 1.165) is 25.7 Å². The van der Waals surface area contributed by atoms with Crippen molar-refractivity contribution in [3.63, 3.8) is 0 Å². The van der Waals surface area contributed by atoms with E-state index in [2.05, 4.69) is 17.2 Å². The lowest BCUT2D eigenvalue weighted by Crippen LogP contribution is -2.43. The van der Waals surface area contributed by atoms with Crippen molar-refractivity contribution in [3.8, 4) is 0 Å². The minimum absolute atomic E-state index is 0.196. The Morgan fingerprint density at radius 1 is 1.11 bits per heavy atom. The Hall–Kier alpha value is -1.32. The number of allylic oxidation sites excluding steroid dienone is 1. The molecule has 0 saturated carbocycles. The van der Waals surface area contributed by atoms with Crippen molar-refractivity contribution in [3.05, 3.63) is 12.7 Å². The second-order valence-corrected chi connectivity index (χ2v) is 5.19. The van der Waals surface area contributed by atoms with E-state index in [-0.39, 0.29) is 11.9 Å². The van der Waals surface area contributed by atoms with Gasteiger partial charge in [-0.2, -0.15) is 0 Å². The number of unbranched alkanes of at least 4 members (excludes halogenated alkanes) is 6. The maximum Gasteiger partial charge on any atom is 0.322 e. The van der Waals surface area contributed by atoms with Crippen LogP contribution in [0.15, 0.2) is 12.7 Å². The minimum atomic E-state index is -0.695. The first-order chi connectivity index (χ1) is 8.58. The van der Waals surface area contributed by atoms with Crippen molar-refractivity contribution >= 4 is 11.9 Å². The van der Waals surface area contributed by atoms with E-state index in [0.29, 0.717) is 0 Å². The number of hydrogen-bond acceptors (Lipinski definition) is 2. The first-order valence-corrected chi connectivity index (χ1v) is 6.83. The van der Waals surface area contributed by atoms with Gasteiger partial charge >= 0.3 is 6.03 Å². The molecule has 1 atom stereocenters. The highest BCUT2D eigenvalue weighted by molar-refractivity contribution is 6.06. The number of carbonyl (C=O) groups excluding carboxylic acids is 2. The highest BCUT2D eigenvalue weighted by atomic mass is 16.2. The van der Waals surface area contributed by atoms with Gasteiger partial charge in [0, 0.05) is 0 Å². The summed E-state index contributed by atoms with van der Waals surface area (Å²) in [6, 6.07) is -0.369. The Morgan fingerprint density at radius 3 is 2.28 bits per heavy atom. The van der Waals surface area contributed by atoms with Gasteiger partial charge < -0.3 is 5.32 Å². The van der Waals surface area contributed by atoms with Crippen molar-refractivity contribution in [2.75, 3.05) is 0 Å². The first kappa shape index (κ1) is 14.7. The summed E-state index contributed by atoms with van der Waals surface area (Å²) in [6.07, 6.45) is 10.8. The summed E-state index contributed by atoms with van der Waals surface area (Å²) in [7, 11) is 0. The van der Waals surface area contributed by atoms with Gasteiger partial charge in [-0.3, -0.25) is 10.1 Å². The van der Waals surface area contributed by atoms with Crippen LogP contribution in [0.25, 0.3) is 0 Å². The molecule has 18 heavy (non-hydrogen) atoms. The van der Waals surface area contributed by atoms with E-state index in [9.17, 15) is 9.59 Å². The standard InChI is InChI=1S/C14H24N2O2/c1-3-4-5-6-7-8-9-10-11-14(2)12(17)15-13(18)16-14/h3H,1,4-11H2,2H3,(H2,15,16,17,18). The minimum Gasteiger partial charge on any atom is -0.324 e. The topological polar surface area (TPSA) is 58.2 Å². The molecule has 0 spiro atoms. The van der Waals surface area contributed by atoms with Crippen LogP contribution in [0, 0.1) is 0 Å². The summed E-state index contributed by atoms with van der Waals surface area (Å²) >= 11 is 0. The van der Waals surface area contributed by atoms with Crippen LogP contribution in [0.3, 0.4) is 0 Å². The molecule has 0 aromatic heterocycles. The van der Waals surface area contributed by atoms with Gasteiger partial charge in [-0.1, -0.05) is 38.2 Å². The molecule has 0 aromatic carbocycles. The van der Waals surface area contributed by atoms with Crippen molar-refractivity contribution in [1.29, 1.82) is 0 Å². The monoisotopic (exact) mass is 252 g/mol. The third-order valence-corrected chi connectivity index (χ3v) is 3.45. The molecule has 1 heterocycles. The molecule has 1 unspecified atom stereocenters. The third-order valence-electron chi connectivity index (χ3n) is 3.45. The number of carbonyl (C=O) groups is 2. The Kier molecular flexibility index (Phi) is 5.89. The largest absolute Gasteiger partial charge is 0.324 e. The summed E-state index contributed by atoms with van der Waals surface area (Å²) < 4.78 is 0. The number of hydrogen-bond donors (Lipinski definition) is 2. The zero-order valence-electron chi connectivity index (χ0n) is 11.3. The van der Waals surface area contributed by atoms with Crippen LogP contribution in [0.2, 0.25) is 0 Å². The molecular formula is C14H24N2O2. The predicted octanol–water partition coefficient (Wildman–Crippen LogP) is 2.89. The van der Waals surface area contributed by atoms with Gasteiger partial charge in [0.05, 0.1) is 0 Å². The molecule has 1 fully saturated rings. The summed E-state index contributed by atoms with van der Waals surface area (Å²) in [6.45, 7) is 5.49. The zero-order valence-corrected chi connectivity index (χ0v) is 11.3. The lowest BCUT2D eigenvalue weighted by Gasteiger charge is -2.19. The second-order valence-electron chi connectivity index (χ2n) is 5.19. The normalized spacial score (nSPS) is 22.7. The second kappa shape index (κ2) is 7.19. The number of nitrogens with one attached hydrogen (secondary N) is 2. The summed E-state index contributed by atoms with van der Waals surface area (Å²) in [4.78, 5) is 22.6. The van der Waals surface area contributed by atoms with Gasteiger partial charge in [-0.15, -0.1) is 6.58 Å². The third kappa shape index (κ3) is 4.51. The van der Waals surface area contributed by atoms with Crippen molar-refractivity contribution in [1.82, 2.24) is 10.6 Å². The molecule has 1 saturated heterocycles. The predicted molar refractivity (Wildman–Crippen MR) is 72.2 cm³/mol. The van der Waals surface area contributed by atoms with Gasteiger partial charge in [-0.25, -0.2) is 4.79 Å². The van der Waals surface area contributed by atoms with E-state index in [1.165, 1.54) is 25.7 Å². The maximum absolute atomic E-state index is 11.5. The molecule has 2 N–H and O–H groups in total. The molecule has 4 heteroatoms. The molecule has 0 aromatic rings. The van der Waals surface area contributed by atoms with E-state index < -0.39 is 5.54 Å². The molecule has 1 rings (SSSR count). The zero-order chi connectivity index (χ0) is 13.4. The van der Waals surface area contributed by atoms with E-state index in [4.69, 9.17) is 0 Å². The van der Waals surface area contributed by atoms with Gasteiger partial charge in [0.1, 0.15) is 5.54 Å². The highest BCUT2D eigenvalue weighted by Crippen LogP contribution is 2.19. The summed E-state index contributed by atoms with van der Waals surface area (Å²) in [5, 5.41) is 4.97. The van der Waals surface area contributed by atoms with E-state index in [1.54, 1.807) is 6.92 Å². The van der Waals surface area contributed by atoms with E-state index >= 15 is 0 Å². The molecule has 102 valence electrons. The SMILES string of the molecule is C=CCCCCCCCCC1(C)NC(=O)NC1=O. The van der Waals surface area contributed by atoms with Crippen molar-refractivity contribution in [2.45, 2.75) is 63.8 Å². The number of amides is 3.